The first kappa shape index (κ1) is 24.8. The number of aromatic carboxylic acids is 1. The van der Waals surface area contributed by atoms with Gasteiger partial charge in [0.1, 0.15) is 11.5 Å². The number of carbonyl (C=O) groups is 1. The fourth-order valence-electron chi connectivity index (χ4n) is 3.89. The van der Waals surface area contributed by atoms with Crippen LogP contribution in [0.4, 0.5) is 23.5 Å². The molecule has 11 heteroatoms. The van der Waals surface area contributed by atoms with Crippen LogP contribution in [0.5, 0.6) is 0 Å². The lowest BCUT2D eigenvalue weighted by atomic mass is 10.0. The average molecular weight is 500 g/mol. The van der Waals surface area contributed by atoms with E-state index in [4.69, 9.17) is 0 Å². The van der Waals surface area contributed by atoms with Gasteiger partial charge < -0.3 is 10.4 Å². The summed E-state index contributed by atoms with van der Waals surface area (Å²) in [5.41, 5.74) is -0.438. The number of halogens is 4. The quantitative estimate of drug-likeness (QED) is 0.354. The SMILES string of the molecule is Cc1cc([C@H](C)Nc2ncc3ccc(=O)n(Cc4ccc(F)cc4C(F)(F)F)c3n2)ccc1C(=O)O. The highest BCUT2D eigenvalue weighted by molar-refractivity contribution is 5.89. The normalized spacial score (nSPS) is 12.5. The molecule has 0 fully saturated rings. The Hall–Kier alpha value is -4.28. The number of nitrogens with zero attached hydrogens (tertiary/aromatic N) is 3. The molecular formula is C25H20F4N4O3. The predicted molar refractivity (Wildman–Crippen MR) is 124 cm³/mol. The predicted octanol–water partition coefficient (Wildman–Crippen LogP) is 5.18. The Morgan fingerprint density at radius 1 is 1.14 bits per heavy atom. The van der Waals surface area contributed by atoms with Crippen molar-refractivity contribution < 1.29 is 27.5 Å². The van der Waals surface area contributed by atoms with E-state index in [1.165, 1.54) is 24.4 Å². The molecule has 0 unspecified atom stereocenters. The maximum atomic E-state index is 13.5. The van der Waals surface area contributed by atoms with Gasteiger partial charge in [0.05, 0.1) is 23.7 Å². The summed E-state index contributed by atoms with van der Waals surface area (Å²) < 4.78 is 55.1. The highest BCUT2D eigenvalue weighted by atomic mass is 19.4. The number of alkyl halides is 3. The van der Waals surface area contributed by atoms with Crippen molar-refractivity contribution in [2.24, 2.45) is 0 Å². The van der Waals surface area contributed by atoms with Crippen molar-refractivity contribution in [3.8, 4) is 0 Å². The standard InChI is InChI=1S/C25H20F4N4O3/c1-13-9-15(4-7-19(13)23(35)36)14(2)31-24-30-11-16-5-8-21(34)33(22(16)32-24)12-17-3-6-18(26)10-20(17)25(27,28)29/h3-11,14H,12H2,1-2H3,(H,35,36)(H,30,31,32)/t14-/m0/s1. The molecule has 36 heavy (non-hydrogen) atoms. The zero-order valence-corrected chi connectivity index (χ0v) is 19.1. The number of rotatable bonds is 6. The third-order valence-electron chi connectivity index (χ3n) is 5.76. The molecular weight excluding hydrogens is 480 g/mol. The summed E-state index contributed by atoms with van der Waals surface area (Å²) in [6, 6.07) is 9.45. The van der Waals surface area contributed by atoms with Gasteiger partial charge in [-0.15, -0.1) is 0 Å². The van der Waals surface area contributed by atoms with Crippen molar-refractivity contribution in [2.45, 2.75) is 32.6 Å². The molecule has 4 aromatic rings. The third kappa shape index (κ3) is 5.04. The van der Waals surface area contributed by atoms with Gasteiger partial charge in [0.2, 0.25) is 5.95 Å². The minimum atomic E-state index is -4.81. The van der Waals surface area contributed by atoms with Crippen molar-refractivity contribution in [3.63, 3.8) is 0 Å². The minimum absolute atomic E-state index is 0.0991. The number of benzene rings is 2. The lowest BCUT2D eigenvalue weighted by Crippen LogP contribution is -2.23. The van der Waals surface area contributed by atoms with Crippen molar-refractivity contribution in [1.29, 1.82) is 0 Å². The number of hydrogen-bond donors (Lipinski definition) is 2. The zero-order chi connectivity index (χ0) is 26.2. The van der Waals surface area contributed by atoms with Gasteiger partial charge in [0.25, 0.3) is 5.56 Å². The Kier molecular flexibility index (Phi) is 6.49. The van der Waals surface area contributed by atoms with Gasteiger partial charge in [0.15, 0.2) is 0 Å². The second-order valence-electron chi connectivity index (χ2n) is 8.28. The fraction of sp³-hybridized carbons (Fsp3) is 0.200. The van der Waals surface area contributed by atoms with Crippen LogP contribution in [-0.2, 0) is 12.7 Å². The highest BCUT2D eigenvalue weighted by Gasteiger charge is 2.34. The van der Waals surface area contributed by atoms with Crippen LogP contribution in [0.1, 0.15) is 45.6 Å². The molecule has 0 radical (unpaired) electrons. The molecule has 0 bridgehead atoms. The van der Waals surface area contributed by atoms with E-state index in [-0.39, 0.29) is 28.8 Å². The Morgan fingerprint density at radius 2 is 1.89 bits per heavy atom. The Bertz CT molecular complexity index is 1530. The molecule has 0 spiro atoms. The van der Waals surface area contributed by atoms with Crippen molar-refractivity contribution in [2.75, 3.05) is 5.32 Å². The molecule has 0 aliphatic carbocycles. The van der Waals surface area contributed by atoms with Crippen LogP contribution >= 0.6 is 0 Å². The number of aromatic nitrogens is 3. The average Bonchev–Trinajstić information content (AvgIpc) is 2.81. The molecule has 2 aromatic heterocycles. The van der Waals surface area contributed by atoms with Crippen molar-refractivity contribution in [3.05, 3.63) is 98.7 Å². The highest BCUT2D eigenvalue weighted by Crippen LogP contribution is 2.33. The number of nitrogens with one attached hydrogen (secondary N) is 1. The molecule has 2 aromatic carbocycles. The molecule has 2 heterocycles. The van der Waals surface area contributed by atoms with Gasteiger partial charge in [0, 0.05) is 17.6 Å². The summed E-state index contributed by atoms with van der Waals surface area (Å²) in [5.74, 6) is -1.96. The van der Waals surface area contributed by atoms with Gasteiger partial charge in [-0.05, 0) is 54.8 Å². The first-order valence-electron chi connectivity index (χ1n) is 10.8. The summed E-state index contributed by atoms with van der Waals surface area (Å²) in [6.07, 6.45) is -3.38. The van der Waals surface area contributed by atoms with Crippen LogP contribution in [0.15, 0.2) is 59.5 Å². The number of pyridine rings is 1. The van der Waals surface area contributed by atoms with E-state index < -0.39 is 35.6 Å². The van der Waals surface area contributed by atoms with Crippen molar-refractivity contribution in [1.82, 2.24) is 14.5 Å². The zero-order valence-electron chi connectivity index (χ0n) is 19.1. The molecule has 186 valence electrons. The second-order valence-corrected chi connectivity index (χ2v) is 8.28. The number of anilines is 1. The molecule has 0 saturated heterocycles. The molecule has 2 N–H and O–H groups in total. The molecule has 4 rings (SSSR count). The molecule has 1 atom stereocenters. The third-order valence-corrected chi connectivity index (χ3v) is 5.76. The summed E-state index contributed by atoms with van der Waals surface area (Å²) >= 11 is 0. The minimum Gasteiger partial charge on any atom is -0.478 e. The number of hydrogen-bond acceptors (Lipinski definition) is 5. The summed E-state index contributed by atoms with van der Waals surface area (Å²) in [5, 5.41) is 12.7. The fourth-order valence-corrected chi connectivity index (χ4v) is 3.89. The van der Waals surface area contributed by atoms with Crippen molar-refractivity contribution >= 4 is 23.0 Å². The topological polar surface area (TPSA) is 97.1 Å². The van der Waals surface area contributed by atoms with E-state index in [0.29, 0.717) is 17.0 Å². The van der Waals surface area contributed by atoms with Gasteiger partial charge in [-0.2, -0.15) is 18.2 Å². The first-order valence-corrected chi connectivity index (χ1v) is 10.8. The number of aryl methyl sites for hydroxylation is 1. The van der Waals surface area contributed by atoms with Crippen LogP contribution in [0, 0.1) is 12.7 Å². The Labute approximate surface area is 202 Å². The number of fused-ring (bicyclic) bond motifs is 1. The van der Waals surface area contributed by atoms with Gasteiger partial charge in [-0.3, -0.25) is 9.36 Å². The van der Waals surface area contributed by atoms with Gasteiger partial charge in [-0.1, -0.05) is 18.2 Å². The number of carboxylic acid groups (broad SMARTS) is 1. The van der Waals surface area contributed by atoms with Crippen LogP contribution in [0.2, 0.25) is 0 Å². The first-order chi connectivity index (χ1) is 16.9. The second kappa shape index (κ2) is 9.40. The van der Waals surface area contributed by atoms with Gasteiger partial charge >= 0.3 is 12.1 Å². The maximum Gasteiger partial charge on any atom is 0.416 e. The molecule has 7 nitrogen and oxygen atoms in total. The van der Waals surface area contributed by atoms with E-state index in [1.807, 2.05) is 0 Å². The van der Waals surface area contributed by atoms with E-state index in [0.717, 1.165) is 22.3 Å². The molecule has 0 aliphatic rings. The van der Waals surface area contributed by atoms with Crippen LogP contribution in [0.25, 0.3) is 11.0 Å². The van der Waals surface area contributed by atoms with Gasteiger partial charge in [-0.25, -0.2) is 14.2 Å². The molecule has 0 saturated carbocycles. The van der Waals surface area contributed by atoms with E-state index in [2.05, 4.69) is 15.3 Å². The lowest BCUT2D eigenvalue weighted by molar-refractivity contribution is -0.138. The molecule has 0 amide bonds. The Morgan fingerprint density at radius 3 is 2.56 bits per heavy atom. The lowest BCUT2D eigenvalue weighted by Gasteiger charge is -2.17. The van der Waals surface area contributed by atoms with E-state index >= 15 is 0 Å². The van der Waals surface area contributed by atoms with Crippen LogP contribution < -0.4 is 10.9 Å². The smallest absolute Gasteiger partial charge is 0.416 e. The van der Waals surface area contributed by atoms with E-state index in [9.17, 15) is 32.3 Å². The largest absolute Gasteiger partial charge is 0.478 e. The van der Waals surface area contributed by atoms with Crippen LogP contribution in [-0.4, -0.2) is 25.6 Å². The number of carboxylic acids is 1. The Balaban J connectivity index is 1.71. The summed E-state index contributed by atoms with van der Waals surface area (Å²) in [6.45, 7) is 3.00. The molecule has 0 aliphatic heterocycles. The monoisotopic (exact) mass is 500 g/mol. The summed E-state index contributed by atoms with van der Waals surface area (Å²) in [4.78, 5) is 32.5. The van der Waals surface area contributed by atoms with E-state index in [1.54, 1.807) is 26.0 Å². The summed E-state index contributed by atoms with van der Waals surface area (Å²) in [7, 11) is 0. The van der Waals surface area contributed by atoms with Crippen LogP contribution in [0.3, 0.4) is 0 Å². The maximum absolute atomic E-state index is 13.5.